The van der Waals surface area contributed by atoms with Crippen molar-refractivity contribution in [1.82, 2.24) is 0 Å². The first kappa shape index (κ1) is 12.4. The number of benzene rings is 1. The summed E-state index contributed by atoms with van der Waals surface area (Å²) in [5.74, 6) is -2.75. The molecule has 1 aliphatic rings. The van der Waals surface area contributed by atoms with E-state index in [0.717, 1.165) is 4.90 Å². The third kappa shape index (κ3) is 2.02. The van der Waals surface area contributed by atoms with Crippen molar-refractivity contribution in [2.45, 2.75) is 12.5 Å². The Morgan fingerprint density at radius 3 is 2.56 bits per heavy atom. The van der Waals surface area contributed by atoms with Crippen molar-refractivity contribution in [3.05, 3.63) is 33.9 Å². The van der Waals surface area contributed by atoms with Gasteiger partial charge in [0.25, 0.3) is 0 Å². The van der Waals surface area contributed by atoms with Crippen LogP contribution in [0.2, 0.25) is 0 Å². The molecule has 96 valence electrons. The summed E-state index contributed by atoms with van der Waals surface area (Å²) in [5, 5.41) is 10.6. The van der Waals surface area contributed by atoms with E-state index in [-0.39, 0.29) is 18.7 Å². The van der Waals surface area contributed by atoms with E-state index in [1.54, 1.807) is 0 Å². The monoisotopic (exact) mass is 257 g/mol. The Morgan fingerprint density at radius 1 is 1.39 bits per heavy atom. The lowest BCUT2D eigenvalue weighted by molar-refractivity contribution is -0.387. The zero-order valence-electron chi connectivity index (χ0n) is 9.10. The van der Waals surface area contributed by atoms with E-state index in [1.807, 2.05) is 0 Å². The van der Waals surface area contributed by atoms with E-state index in [0.29, 0.717) is 12.1 Å². The number of nitro benzene ring substituents is 1. The molecule has 1 heterocycles. The third-order valence-corrected chi connectivity index (χ3v) is 2.66. The largest absolute Gasteiger partial charge is 0.326 e. The van der Waals surface area contributed by atoms with E-state index in [4.69, 9.17) is 5.73 Å². The van der Waals surface area contributed by atoms with E-state index in [2.05, 4.69) is 0 Å². The number of hydrogen-bond acceptors (Lipinski definition) is 4. The lowest BCUT2D eigenvalue weighted by Crippen LogP contribution is -2.28. The molecule has 18 heavy (non-hydrogen) atoms. The number of rotatable bonds is 2. The molecule has 0 aromatic heterocycles. The van der Waals surface area contributed by atoms with Gasteiger partial charge < -0.3 is 10.6 Å². The molecule has 6 nitrogen and oxygen atoms in total. The van der Waals surface area contributed by atoms with Gasteiger partial charge in [-0.3, -0.25) is 14.9 Å². The summed E-state index contributed by atoms with van der Waals surface area (Å²) in [6, 6.07) is 0.645. The number of nitrogens with zero attached hydrogens (tertiary/aromatic N) is 2. The van der Waals surface area contributed by atoms with E-state index in [1.165, 1.54) is 0 Å². The summed E-state index contributed by atoms with van der Waals surface area (Å²) in [5.41, 5.74) is 4.34. The van der Waals surface area contributed by atoms with Crippen LogP contribution in [-0.2, 0) is 4.79 Å². The lowest BCUT2D eigenvalue weighted by Gasteiger charge is -2.16. The number of halogens is 2. The molecule has 1 aromatic rings. The predicted octanol–water partition coefficient (Wildman–Crippen LogP) is 0.937. The zero-order chi connectivity index (χ0) is 13.4. The average molecular weight is 257 g/mol. The van der Waals surface area contributed by atoms with Crippen LogP contribution in [0.5, 0.6) is 0 Å². The molecule has 0 bridgehead atoms. The first-order valence-electron chi connectivity index (χ1n) is 5.09. The summed E-state index contributed by atoms with van der Waals surface area (Å²) >= 11 is 0. The Balaban J connectivity index is 2.48. The minimum Gasteiger partial charge on any atom is -0.326 e. The number of anilines is 1. The van der Waals surface area contributed by atoms with Gasteiger partial charge >= 0.3 is 5.69 Å². The Labute approximate surface area is 100 Å². The Kier molecular flexibility index (Phi) is 2.95. The molecule has 2 rings (SSSR count). The minimum atomic E-state index is -1.28. The highest BCUT2D eigenvalue weighted by Gasteiger charge is 2.32. The van der Waals surface area contributed by atoms with Crippen LogP contribution in [-0.4, -0.2) is 23.4 Å². The Bertz CT molecular complexity index is 535. The highest BCUT2D eigenvalue weighted by molar-refractivity contribution is 5.96. The zero-order valence-corrected chi connectivity index (χ0v) is 9.10. The molecule has 1 aromatic carbocycles. The maximum atomic E-state index is 13.5. The van der Waals surface area contributed by atoms with Crippen LogP contribution in [0.4, 0.5) is 20.2 Å². The molecule has 0 aliphatic carbocycles. The van der Waals surface area contributed by atoms with Crippen molar-refractivity contribution in [2.75, 3.05) is 11.4 Å². The van der Waals surface area contributed by atoms with Crippen molar-refractivity contribution in [2.24, 2.45) is 5.73 Å². The molecular weight excluding hydrogens is 248 g/mol. The molecule has 2 N–H and O–H groups in total. The topological polar surface area (TPSA) is 89.5 Å². The first-order chi connectivity index (χ1) is 8.40. The molecule has 1 amide bonds. The van der Waals surface area contributed by atoms with E-state index >= 15 is 0 Å². The summed E-state index contributed by atoms with van der Waals surface area (Å²) in [6.45, 7) is 0.0541. The summed E-state index contributed by atoms with van der Waals surface area (Å²) in [6.07, 6.45) is 0.0324. The summed E-state index contributed by atoms with van der Waals surface area (Å²) < 4.78 is 26.7. The van der Waals surface area contributed by atoms with Gasteiger partial charge in [0, 0.05) is 31.1 Å². The first-order valence-corrected chi connectivity index (χ1v) is 5.09. The molecule has 1 aliphatic heterocycles. The predicted molar refractivity (Wildman–Crippen MR) is 58.0 cm³/mol. The van der Waals surface area contributed by atoms with Crippen molar-refractivity contribution in [3.8, 4) is 0 Å². The number of amides is 1. The molecule has 1 fully saturated rings. The van der Waals surface area contributed by atoms with Crippen LogP contribution in [0, 0.1) is 21.7 Å². The smallest absolute Gasteiger partial charge is 0.307 e. The molecule has 0 saturated carbocycles. The molecule has 1 saturated heterocycles. The highest BCUT2D eigenvalue weighted by Crippen LogP contribution is 2.30. The number of hydrogen-bond donors (Lipinski definition) is 1. The van der Waals surface area contributed by atoms with Gasteiger partial charge in [-0.15, -0.1) is 0 Å². The average Bonchev–Trinajstić information content (AvgIpc) is 2.57. The van der Waals surface area contributed by atoms with Gasteiger partial charge in [-0.25, -0.2) is 4.39 Å². The number of carbonyl (C=O) groups excluding carboxylic acids is 1. The highest BCUT2D eigenvalue weighted by atomic mass is 19.1. The van der Waals surface area contributed by atoms with Gasteiger partial charge in [-0.2, -0.15) is 4.39 Å². The fourth-order valence-electron chi connectivity index (χ4n) is 1.84. The second kappa shape index (κ2) is 4.30. The van der Waals surface area contributed by atoms with Crippen molar-refractivity contribution >= 4 is 17.3 Å². The molecule has 0 radical (unpaired) electrons. The van der Waals surface area contributed by atoms with Gasteiger partial charge in [-0.1, -0.05) is 0 Å². The molecule has 8 heteroatoms. The van der Waals surface area contributed by atoms with Crippen LogP contribution in [0.25, 0.3) is 0 Å². The number of nitrogens with two attached hydrogens (primary N) is 1. The van der Waals surface area contributed by atoms with Crippen LogP contribution in [0.3, 0.4) is 0 Å². The minimum absolute atomic E-state index is 0.0324. The fourth-order valence-corrected chi connectivity index (χ4v) is 1.84. The van der Waals surface area contributed by atoms with Gasteiger partial charge in [0.2, 0.25) is 11.7 Å². The van der Waals surface area contributed by atoms with E-state index < -0.39 is 34.2 Å². The summed E-state index contributed by atoms with van der Waals surface area (Å²) in [4.78, 5) is 22.1. The van der Waals surface area contributed by atoms with Crippen LogP contribution in [0.15, 0.2) is 12.1 Å². The normalized spacial score (nSPS) is 19.4. The second-order valence-electron chi connectivity index (χ2n) is 3.98. The van der Waals surface area contributed by atoms with E-state index in [9.17, 15) is 23.7 Å². The SMILES string of the molecule is NC1CC(=O)N(c2cc([N+](=O)[O-])c(F)cc2F)C1. The van der Waals surface area contributed by atoms with Crippen LogP contribution < -0.4 is 10.6 Å². The Hall–Kier alpha value is -2.09. The lowest BCUT2D eigenvalue weighted by atomic mass is 10.2. The molecule has 1 unspecified atom stereocenters. The maximum Gasteiger partial charge on any atom is 0.307 e. The standard InChI is InChI=1S/C10H9F2N3O3/c11-6-2-7(12)9(15(17)18)3-8(6)14-4-5(13)1-10(14)16/h2-3,5H,1,4,13H2. The number of nitro groups is 1. The fraction of sp³-hybridized carbons (Fsp3) is 0.300. The van der Waals surface area contributed by atoms with Crippen molar-refractivity contribution in [3.63, 3.8) is 0 Å². The quantitative estimate of drug-likeness (QED) is 0.630. The van der Waals surface area contributed by atoms with Gasteiger partial charge in [0.05, 0.1) is 10.6 Å². The molecule has 1 atom stereocenters. The molecular formula is C10H9F2N3O3. The van der Waals surface area contributed by atoms with Gasteiger partial charge in [-0.05, 0) is 0 Å². The summed E-state index contributed by atoms with van der Waals surface area (Å²) in [7, 11) is 0. The number of carbonyl (C=O) groups is 1. The van der Waals surface area contributed by atoms with Crippen LogP contribution in [0.1, 0.15) is 6.42 Å². The van der Waals surface area contributed by atoms with Crippen molar-refractivity contribution < 1.29 is 18.5 Å². The maximum absolute atomic E-state index is 13.5. The Morgan fingerprint density at radius 2 is 2.06 bits per heavy atom. The van der Waals surface area contributed by atoms with Gasteiger partial charge in [0.1, 0.15) is 5.82 Å². The third-order valence-electron chi connectivity index (χ3n) is 2.66. The second-order valence-corrected chi connectivity index (χ2v) is 3.98. The van der Waals surface area contributed by atoms with Crippen LogP contribution >= 0.6 is 0 Å². The molecule has 0 spiro atoms. The van der Waals surface area contributed by atoms with Crippen molar-refractivity contribution in [1.29, 1.82) is 0 Å². The van der Waals surface area contributed by atoms with Gasteiger partial charge in [0.15, 0.2) is 0 Å².